The second kappa shape index (κ2) is 6.93. The third-order valence-corrected chi connectivity index (χ3v) is 3.19. The first kappa shape index (κ1) is 16.5. The summed E-state index contributed by atoms with van der Waals surface area (Å²) in [7, 11) is 0. The third-order valence-electron chi connectivity index (χ3n) is 3.19. The van der Waals surface area contributed by atoms with Crippen molar-refractivity contribution in [2.45, 2.75) is 25.7 Å². The van der Waals surface area contributed by atoms with Crippen LogP contribution < -0.4 is 5.73 Å². The van der Waals surface area contributed by atoms with Gasteiger partial charge in [0.05, 0.1) is 6.04 Å². The Morgan fingerprint density at radius 2 is 1.91 bits per heavy atom. The molecule has 1 heterocycles. The lowest BCUT2D eigenvalue weighted by Crippen LogP contribution is -2.45. The smallest absolute Gasteiger partial charge is 0.434 e. The van der Waals surface area contributed by atoms with Crippen LogP contribution in [0.25, 0.3) is 0 Å². The Morgan fingerprint density at radius 3 is 2.48 bits per heavy atom. The molecular formula is C15H16N2O6. The zero-order valence-corrected chi connectivity index (χ0v) is 12.3. The van der Waals surface area contributed by atoms with Crippen molar-refractivity contribution in [3.8, 4) is 0 Å². The lowest BCUT2D eigenvalue weighted by molar-refractivity contribution is -0.197. The van der Waals surface area contributed by atoms with Crippen molar-refractivity contribution in [1.29, 1.82) is 0 Å². The molecule has 0 bridgehead atoms. The van der Waals surface area contributed by atoms with Gasteiger partial charge in [0.1, 0.15) is 6.61 Å². The first-order chi connectivity index (χ1) is 10.9. The van der Waals surface area contributed by atoms with E-state index in [1.165, 1.54) is 18.2 Å². The molecule has 23 heavy (non-hydrogen) atoms. The van der Waals surface area contributed by atoms with Crippen molar-refractivity contribution >= 4 is 18.0 Å². The number of benzene rings is 1. The monoisotopic (exact) mass is 320 g/mol. The Kier molecular flexibility index (Phi) is 4.97. The normalized spacial score (nSPS) is 20.1. The van der Waals surface area contributed by atoms with E-state index in [0.717, 1.165) is 5.06 Å². The fraction of sp³-hybridized carbons (Fsp3) is 0.267. The van der Waals surface area contributed by atoms with Crippen molar-refractivity contribution in [3.63, 3.8) is 0 Å². The van der Waals surface area contributed by atoms with Crippen molar-refractivity contribution < 1.29 is 29.1 Å². The van der Waals surface area contributed by atoms with Gasteiger partial charge in [-0.25, -0.2) is 14.4 Å². The number of aliphatic carboxylic acids is 1. The summed E-state index contributed by atoms with van der Waals surface area (Å²) in [5, 5.41) is 9.78. The van der Waals surface area contributed by atoms with Gasteiger partial charge < -0.3 is 15.6 Å². The molecule has 122 valence electrons. The highest BCUT2D eigenvalue weighted by atomic mass is 16.7. The largest absolute Gasteiger partial charge is 0.479 e. The molecular weight excluding hydrogens is 304 g/mol. The Labute approximate surface area is 132 Å². The lowest BCUT2D eigenvalue weighted by Gasteiger charge is -2.30. The molecule has 0 spiro atoms. The third kappa shape index (κ3) is 4.07. The standard InChI is InChI=1S/C15H16N2O6/c1-9-2-7-12(14(19)20)23-17(9)15(21)22-8-10-3-5-11(6-4-10)13(16)18/h2-7,9,12H,8H2,1H3,(H2,16,18)(H,19,20). The highest BCUT2D eigenvalue weighted by Crippen LogP contribution is 2.16. The van der Waals surface area contributed by atoms with Crippen molar-refractivity contribution in [2.75, 3.05) is 0 Å². The van der Waals surface area contributed by atoms with Crippen LogP contribution in [0.2, 0.25) is 0 Å². The summed E-state index contributed by atoms with van der Waals surface area (Å²) in [6.07, 6.45) is 0.880. The van der Waals surface area contributed by atoms with Gasteiger partial charge in [0.15, 0.2) is 0 Å². The summed E-state index contributed by atoms with van der Waals surface area (Å²) in [6, 6.07) is 5.81. The lowest BCUT2D eigenvalue weighted by atomic mass is 10.1. The Bertz CT molecular complexity index is 640. The summed E-state index contributed by atoms with van der Waals surface area (Å²) in [5.41, 5.74) is 6.14. The summed E-state index contributed by atoms with van der Waals surface area (Å²) in [6.45, 7) is 1.61. The fourth-order valence-electron chi connectivity index (χ4n) is 1.90. The van der Waals surface area contributed by atoms with E-state index in [2.05, 4.69) is 0 Å². The quantitative estimate of drug-likeness (QED) is 0.801. The second-order valence-corrected chi connectivity index (χ2v) is 4.93. The number of hydroxylamine groups is 2. The maximum atomic E-state index is 12.0. The molecule has 0 radical (unpaired) electrons. The molecule has 0 aliphatic carbocycles. The number of primary amides is 1. The highest BCUT2D eigenvalue weighted by Gasteiger charge is 2.31. The van der Waals surface area contributed by atoms with Crippen LogP contribution in [-0.4, -0.2) is 40.3 Å². The van der Waals surface area contributed by atoms with E-state index in [4.69, 9.17) is 20.4 Å². The zero-order valence-electron chi connectivity index (χ0n) is 12.3. The average molecular weight is 320 g/mol. The zero-order chi connectivity index (χ0) is 17.0. The molecule has 1 aromatic rings. The number of hydrogen-bond donors (Lipinski definition) is 2. The van der Waals surface area contributed by atoms with Gasteiger partial charge in [-0.3, -0.25) is 4.79 Å². The molecule has 2 amide bonds. The molecule has 0 saturated heterocycles. The molecule has 3 N–H and O–H groups in total. The summed E-state index contributed by atoms with van der Waals surface area (Å²) in [5.74, 6) is -1.75. The Balaban J connectivity index is 1.95. The number of nitrogens with zero attached hydrogens (tertiary/aromatic N) is 1. The molecule has 8 heteroatoms. The number of nitrogens with two attached hydrogens (primary N) is 1. The number of amides is 2. The highest BCUT2D eigenvalue weighted by molar-refractivity contribution is 5.92. The Morgan fingerprint density at radius 1 is 1.26 bits per heavy atom. The van der Waals surface area contributed by atoms with E-state index in [1.807, 2.05) is 0 Å². The van der Waals surface area contributed by atoms with Crippen molar-refractivity contribution in [3.05, 3.63) is 47.5 Å². The van der Waals surface area contributed by atoms with Gasteiger partial charge in [-0.2, -0.15) is 5.06 Å². The molecule has 1 aliphatic heterocycles. The first-order valence-corrected chi connectivity index (χ1v) is 6.81. The molecule has 0 saturated carbocycles. The van der Waals surface area contributed by atoms with Crippen LogP contribution in [0.4, 0.5) is 4.79 Å². The van der Waals surface area contributed by atoms with Gasteiger partial charge in [0, 0.05) is 5.56 Å². The average Bonchev–Trinajstić information content (AvgIpc) is 2.53. The van der Waals surface area contributed by atoms with E-state index in [-0.39, 0.29) is 6.61 Å². The molecule has 0 fully saturated rings. The van der Waals surface area contributed by atoms with Gasteiger partial charge in [0.25, 0.3) is 0 Å². The minimum absolute atomic E-state index is 0.0497. The van der Waals surface area contributed by atoms with E-state index in [9.17, 15) is 14.4 Å². The number of carboxylic acid groups (broad SMARTS) is 1. The number of carboxylic acids is 1. The summed E-state index contributed by atoms with van der Waals surface area (Å²) < 4.78 is 5.09. The van der Waals surface area contributed by atoms with E-state index >= 15 is 0 Å². The van der Waals surface area contributed by atoms with E-state index < -0.39 is 30.1 Å². The van der Waals surface area contributed by atoms with Gasteiger partial charge >= 0.3 is 12.1 Å². The van der Waals surface area contributed by atoms with Crippen LogP contribution in [0.5, 0.6) is 0 Å². The predicted molar refractivity (Wildman–Crippen MR) is 78.1 cm³/mol. The van der Waals surface area contributed by atoms with Crippen LogP contribution in [0.3, 0.4) is 0 Å². The van der Waals surface area contributed by atoms with Gasteiger partial charge in [-0.15, -0.1) is 0 Å². The maximum Gasteiger partial charge on any atom is 0.434 e. The van der Waals surface area contributed by atoms with Gasteiger partial charge in [-0.05, 0) is 30.7 Å². The topological polar surface area (TPSA) is 119 Å². The molecule has 2 atom stereocenters. The van der Waals surface area contributed by atoms with Gasteiger partial charge in [0.2, 0.25) is 12.0 Å². The second-order valence-electron chi connectivity index (χ2n) is 4.93. The van der Waals surface area contributed by atoms with Crippen LogP contribution >= 0.6 is 0 Å². The molecule has 1 aliphatic rings. The molecule has 8 nitrogen and oxygen atoms in total. The van der Waals surface area contributed by atoms with Crippen LogP contribution in [0.15, 0.2) is 36.4 Å². The van der Waals surface area contributed by atoms with E-state index in [1.54, 1.807) is 25.1 Å². The molecule has 1 aromatic carbocycles. The Hall–Kier alpha value is -2.87. The van der Waals surface area contributed by atoms with Crippen LogP contribution in [-0.2, 0) is 21.0 Å². The number of carbonyl (C=O) groups is 3. The number of carbonyl (C=O) groups excluding carboxylic acids is 2. The predicted octanol–water partition coefficient (Wildman–Crippen LogP) is 1.07. The minimum Gasteiger partial charge on any atom is -0.479 e. The van der Waals surface area contributed by atoms with Crippen LogP contribution in [0, 0.1) is 0 Å². The molecule has 2 rings (SSSR count). The minimum atomic E-state index is -1.23. The molecule has 0 aromatic heterocycles. The first-order valence-electron chi connectivity index (χ1n) is 6.81. The SMILES string of the molecule is CC1C=CC(C(=O)O)ON1C(=O)OCc1ccc(C(N)=O)cc1. The summed E-state index contributed by atoms with van der Waals surface area (Å²) >= 11 is 0. The number of ether oxygens (including phenoxy) is 1. The van der Waals surface area contributed by atoms with Crippen LogP contribution in [0.1, 0.15) is 22.8 Å². The van der Waals surface area contributed by atoms with E-state index in [0.29, 0.717) is 11.1 Å². The number of rotatable bonds is 4. The maximum absolute atomic E-state index is 12.0. The van der Waals surface area contributed by atoms with Gasteiger partial charge in [-0.1, -0.05) is 18.2 Å². The fourth-order valence-corrected chi connectivity index (χ4v) is 1.90. The van der Waals surface area contributed by atoms with Crippen molar-refractivity contribution in [2.24, 2.45) is 5.73 Å². The molecule has 2 unspecified atom stereocenters. The summed E-state index contributed by atoms with van der Waals surface area (Å²) in [4.78, 5) is 38.9. The number of hydrogen-bond acceptors (Lipinski definition) is 5. The van der Waals surface area contributed by atoms with Crippen molar-refractivity contribution in [1.82, 2.24) is 5.06 Å².